The molecule has 4 nitrogen and oxygen atoms in total. The van der Waals surface area contributed by atoms with Gasteiger partial charge in [-0.1, -0.05) is 126 Å². The maximum Gasteiger partial charge on any atom is 0.261 e. The highest BCUT2D eigenvalue weighted by atomic mass is 32.2. The lowest BCUT2D eigenvalue weighted by Crippen LogP contribution is -2.66. The Hall–Kier alpha value is -1.51. The molecule has 7 heteroatoms. The minimum absolute atomic E-state index is 0.0609. The second-order valence-corrected chi connectivity index (χ2v) is 17.3. The average Bonchev–Trinajstić information content (AvgIpc) is 3.27. The largest absolute Gasteiger partial charge is 0.407 e. The van der Waals surface area contributed by atoms with E-state index in [1.54, 1.807) is 18.9 Å². The van der Waals surface area contributed by atoms with Gasteiger partial charge >= 0.3 is 0 Å². The Morgan fingerprint density at radius 1 is 1.05 bits per heavy atom. The SMILES string of the molecule is CO[C@H](CCCO[Si](c1ccccc1)(c1ccccc1)C(C)(C)C)[C@@H](C)C(=O)N1C(=S)SC[C@@H]1C(C)C. The summed E-state index contributed by atoms with van der Waals surface area (Å²) in [6.45, 7) is 13.8. The molecule has 1 heterocycles. The van der Waals surface area contributed by atoms with E-state index in [1.807, 2.05) is 11.8 Å². The number of methoxy groups -OCH3 is 1. The summed E-state index contributed by atoms with van der Waals surface area (Å²) in [5.74, 6) is 1.05. The predicted octanol–water partition coefficient (Wildman–Crippen LogP) is 5.88. The van der Waals surface area contributed by atoms with Crippen molar-refractivity contribution < 1.29 is 14.0 Å². The van der Waals surface area contributed by atoms with Crippen molar-refractivity contribution in [1.82, 2.24) is 4.90 Å². The van der Waals surface area contributed by atoms with E-state index in [4.69, 9.17) is 21.4 Å². The summed E-state index contributed by atoms with van der Waals surface area (Å²) in [6, 6.07) is 21.6. The van der Waals surface area contributed by atoms with E-state index in [0.717, 1.165) is 18.6 Å². The van der Waals surface area contributed by atoms with Crippen LogP contribution in [0.1, 0.15) is 54.4 Å². The van der Waals surface area contributed by atoms with Crippen LogP contribution in [-0.4, -0.2) is 55.1 Å². The van der Waals surface area contributed by atoms with E-state index < -0.39 is 8.32 Å². The van der Waals surface area contributed by atoms with Crippen molar-refractivity contribution >= 4 is 52.9 Å². The standard InChI is InChI=1S/C30H43NO3S2Si/c1-22(2)26-21-36-29(35)31(26)28(32)23(3)27(33-7)19-14-20-34-37(30(4,5)6,24-15-10-8-11-16-24)25-17-12-9-13-18-25/h8-13,15-18,22-23,26-27H,14,19-21H2,1-7H3/t23-,26-,27-/m1/s1. The highest BCUT2D eigenvalue weighted by Gasteiger charge is 2.50. The Morgan fingerprint density at radius 3 is 2.05 bits per heavy atom. The fourth-order valence-electron chi connectivity index (χ4n) is 5.40. The lowest BCUT2D eigenvalue weighted by atomic mass is 9.96. The average molecular weight is 558 g/mol. The summed E-state index contributed by atoms with van der Waals surface area (Å²) >= 11 is 7.15. The maximum atomic E-state index is 13.5. The second kappa shape index (κ2) is 13.0. The summed E-state index contributed by atoms with van der Waals surface area (Å²) < 4.78 is 13.6. The maximum absolute atomic E-state index is 13.5. The molecule has 2 aromatic rings. The van der Waals surface area contributed by atoms with Crippen LogP contribution in [0.2, 0.25) is 5.04 Å². The molecule has 1 amide bonds. The molecular formula is C30H43NO3S2Si. The minimum atomic E-state index is -2.57. The van der Waals surface area contributed by atoms with E-state index in [2.05, 4.69) is 95.3 Å². The van der Waals surface area contributed by atoms with Gasteiger partial charge < -0.3 is 9.16 Å². The molecule has 0 unspecified atom stereocenters. The molecule has 37 heavy (non-hydrogen) atoms. The summed E-state index contributed by atoms with van der Waals surface area (Å²) in [4.78, 5) is 15.3. The third-order valence-corrected chi connectivity index (χ3v) is 14.1. The second-order valence-electron chi connectivity index (χ2n) is 11.3. The van der Waals surface area contributed by atoms with Crippen LogP contribution >= 0.6 is 24.0 Å². The van der Waals surface area contributed by atoms with Crippen LogP contribution in [0, 0.1) is 11.8 Å². The van der Waals surface area contributed by atoms with Crippen LogP contribution in [-0.2, 0) is 14.0 Å². The summed E-state index contributed by atoms with van der Waals surface area (Å²) in [6.07, 6.45) is 1.38. The third kappa shape index (κ3) is 6.56. The molecule has 1 aliphatic rings. The number of hydrogen-bond acceptors (Lipinski definition) is 5. The number of hydrogen-bond donors (Lipinski definition) is 0. The van der Waals surface area contributed by atoms with Crippen molar-refractivity contribution in [3.05, 3.63) is 60.7 Å². The summed E-state index contributed by atoms with van der Waals surface area (Å²) in [5.41, 5.74) is 0. The van der Waals surface area contributed by atoms with Crippen LogP contribution < -0.4 is 10.4 Å². The zero-order valence-electron chi connectivity index (χ0n) is 23.4. The van der Waals surface area contributed by atoms with Crippen molar-refractivity contribution in [3.8, 4) is 0 Å². The Labute approximate surface area is 234 Å². The minimum Gasteiger partial charge on any atom is -0.407 e. The van der Waals surface area contributed by atoms with Gasteiger partial charge in [0.1, 0.15) is 4.32 Å². The van der Waals surface area contributed by atoms with E-state index in [0.29, 0.717) is 16.8 Å². The molecule has 1 fully saturated rings. The van der Waals surface area contributed by atoms with Crippen molar-refractivity contribution in [2.24, 2.45) is 11.8 Å². The first-order valence-electron chi connectivity index (χ1n) is 13.3. The fourth-order valence-corrected chi connectivity index (χ4v) is 11.6. The summed E-state index contributed by atoms with van der Waals surface area (Å²) in [5, 5.41) is 2.50. The topological polar surface area (TPSA) is 38.8 Å². The van der Waals surface area contributed by atoms with Gasteiger partial charge in [0, 0.05) is 25.5 Å². The van der Waals surface area contributed by atoms with Crippen molar-refractivity contribution in [3.63, 3.8) is 0 Å². The molecule has 3 atom stereocenters. The normalized spacial score (nSPS) is 18.3. The molecule has 3 rings (SSSR count). The molecule has 1 aliphatic heterocycles. The highest BCUT2D eigenvalue weighted by Crippen LogP contribution is 2.37. The molecule has 0 radical (unpaired) electrons. The Balaban J connectivity index is 1.75. The zero-order chi connectivity index (χ0) is 27.2. The first kappa shape index (κ1) is 30.0. The number of thioether (sulfide) groups is 1. The first-order valence-corrected chi connectivity index (χ1v) is 16.6. The molecule has 0 aromatic heterocycles. The Kier molecular flexibility index (Phi) is 10.6. The number of rotatable bonds is 11. The Bertz CT molecular complexity index is 987. The van der Waals surface area contributed by atoms with Crippen molar-refractivity contribution in [1.29, 1.82) is 0 Å². The van der Waals surface area contributed by atoms with E-state index in [-0.39, 0.29) is 29.0 Å². The predicted molar refractivity (Wildman–Crippen MR) is 163 cm³/mol. The van der Waals surface area contributed by atoms with Gasteiger partial charge in [0.15, 0.2) is 0 Å². The van der Waals surface area contributed by atoms with Crippen LogP contribution in [0.3, 0.4) is 0 Å². The number of carbonyl (C=O) groups excluding carboxylic acids is 1. The number of amides is 1. The van der Waals surface area contributed by atoms with Gasteiger partial charge in [-0.15, -0.1) is 0 Å². The van der Waals surface area contributed by atoms with Gasteiger partial charge in [-0.2, -0.15) is 0 Å². The third-order valence-electron chi connectivity index (χ3n) is 7.53. The number of thiocarbonyl (C=S) groups is 1. The van der Waals surface area contributed by atoms with Gasteiger partial charge in [-0.3, -0.25) is 9.69 Å². The van der Waals surface area contributed by atoms with Crippen LogP contribution in [0.4, 0.5) is 0 Å². The molecule has 0 aliphatic carbocycles. The number of ether oxygens (including phenoxy) is 1. The number of benzene rings is 2. The van der Waals surface area contributed by atoms with E-state index >= 15 is 0 Å². The molecule has 1 saturated heterocycles. The zero-order valence-corrected chi connectivity index (χ0v) is 26.0. The summed E-state index contributed by atoms with van der Waals surface area (Å²) in [7, 11) is -0.866. The van der Waals surface area contributed by atoms with Gasteiger partial charge in [-0.05, 0) is 34.2 Å². The smallest absolute Gasteiger partial charge is 0.261 e. The van der Waals surface area contributed by atoms with Gasteiger partial charge in [0.2, 0.25) is 5.91 Å². The van der Waals surface area contributed by atoms with Crippen molar-refractivity contribution in [2.75, 3.05) is 19.5 Å². The fraction of sp³-hybridized carbons (Fsp3) is 0.533. The molecule has 202 valence electrons. The van der Waals surface area contributed by atoms with Crippen LogP contribution in [0.5, 0.6) is 0 Å². The van der Waals surface area contributed by atoms with Crippen molar-refractivity contribution in [2.45, 2.75) is 71.6 Å². The first-order chi connectivity index (χ1) is 17.5. The lowest BCUT2D eigenvalue weighted by Gasteiger charge is -2.43. The quantitative estimate of drug-likeness (QED) is 0.196. The van der Waals surface area contributed by atoms with Crippen LogP contribution in [0.15, 0.2) is 60.7 Å². The lowest BCUT2D eigenvalue weighted by molar-refractivity contribution is -0.137. The molecular weight excluding hydrogens is 515 g/mol. The van der Waals surface area contributed by atoms with Gasteiger partial charge in [-0.25, -0.2) is 0 Å². The van der Waals surface area contributed by atoms with E-state index in [1.165, 1.54) is 10.4 Å². The van der Waals surface area contributed by atoms with Gasteiger partial charge in [0.25, 0.3) is 8.32 Å². The Morgan fingerprint density at radius 2 is 1.59 bits per heavy atom. The monoisotopic (exact) mass is 557 g/mol. The van der Waals surface area contributed by atoms with E-state index in [9.17, 15) is 4.79 Å². The van der Waals surface area contributed by atoms with Crippen LogP contribution in [0.25, 0.3) is 0 Å². The number of carbonyl (C=O) groups is 1. The molecule has 0 saturated carbocycles. The number of nitrogens with zero attached hydrogens (tertiary/aromatic N) is 1. The molecule has 0 spiro atoms. The highest BCUT2D eigenvalue weighted by molar-refractivity contribution is 8.23. The molecule has 0 N–H and O–H groups in total. The molecule has 0 bridgehead atoms. The molecule has 2 aromatic carbocycles. The van der Waals surface area contributed by atoms with Gasteiger partial charge in [0.05, 0.1) is 12.0 Å².